The highest BCUT2D eigenvalue weighted by Gasteiger charge is 2.74. The number of hydrogen-bond donors (Lipinski definition) is 2. The number of carbonyl (C=O) groups excluding carboxylic acids is 2. The highest BCUT2D eigenvalue weighted by Crippen LogP contribution is 2.56. The Hall–Kier alpha value is -4.15. The van der Waals surface area contributed by atoms with Crippen LogP contribution in [0.2, 0.25) is 0 Å². The number of thiocarbonyl (C=S) groups is 1. The molecule has 0 spiro atoms. The van der Waals surface area contributed by atoms with E-state index in [1.807, 2.05) is 100 Å². The minimum atomic E-state index is -0.785. The Labute approximate surface area is 308 Å². The zero-order valence-electron chi connectivity index (χ0n) is 31.2. The molecule has 1 saturated carbocycles. The number of para-hydroxylation sites is 1. The van der Waals surface area contributed by atoms with Gasteiger partial charge in [0.2, 0.25) is 0 Å². The molecule has 5 rings (SSSR count). The van der Waals surface area contributed by atoms with Crippen molar-refractivity contribution in [2.75, 3.05) is 38.2 Å². The van der Waals surface area contributed by atoms with Gasteiger partial charge in [-0.1, -0.05) is 63.2 Å². The lowest BCUT2D eigenvalue weighted by atomic mass is 9.87. The molecule has 0 bridgehead atoms. The molecule has 1 aliphatic carbocycles. The van der Waals surface area contributed by atoms with Gasteiger partial charge in [-0.3, -0.25) is 10.1 Å². The number of hydrogen-bond acceptors (Lipinski definition) is 8. The second kappa shape index (κ2) is 15.6. The van der Waals surface area contributed by atoms with Crippen LogP contribution in [0.25, 0.3) is 0 Å². The van der Waals surface area contributed by atoms with E-state index in [1.165, 1.54) is 5.56 Å². The summed E-state index contributed by atoms with van der Waals surface area (Å²) < 4.78 is 23.4. The number of rotatable bonds is 13. The molecular formula is C41H53N3O6S. The van der Waals surface area contributed by atoms with Gasteiger partial charge >= 0.3 is 11.9 Å². The second-order valence-corrected chi connectivity index (χ2v) is 15.9. The Morgan fingerprint density at radius 2 is 1.55 bits per heavy atom. The third-order valence-corrected chi connectivity index (χ3v) is 9.83. The van der Waals surface area contributed by atoms with Gasteiger partial charge in [0.05, 0.1) is 6.61 Å². The molecule has 1 aliphatic heterocycles. The molecule has 0 aromatic heterocycles. The number of carbonyl (C=O) groups is 2. The van der Waals surface area contributed by atoms with E-state index in [0.717, 1.165) is 16.8 Å². The average Bonchev–Trinajstić information content (AvgIpc) is 3.41. The first-order chi connectivity index (χ1) is 24.1. The van der Waals surface area contributed by atoms with Crippen molar-refractivity contribution in [3.05, 3.63) is 89.5 Å². The highest BCUT2D eigenvalue weighted by molar-refractivity contribution is 7.80. The van der Waals surface area contributed by atoms with E-state index in [-0.39, 0.29) is 29.8 Å². The summed E-state index contributed by atoms with van der Waals surface area (Å²) in [7, 11) is 0. The van der Waals surface area contributed by atoms with Gasteiger partial charge < -0.3 is 29.2 Å². The summed E-state index contributed by atoms with van der Waals surface area (Å²) in [4.78, 5) is 28.5. The van der Waals surface area contributed by atoms with E-state index in [4.69, 9.17) is 31.2 Å². The summed E-state index contributed by atoms with van der Waals surface area (Å²) in [5.74, 6) is 0.832. The largest absolute Gasteiger partial charge is 0.492 e. The lowest BCUT2D eigenvalue weighted by molar-refractivity contribution is -0.160. The summed E-state index contributed by atoms with van der Waals surface area (Å²) in [5.41, 5.74) is 2.85. The van der Waals surface area contributed by atoms with E-state index in [9.17, 15) is 9.59 Å². The third kappa shape index (κ3) is 9.40. The van der Waals surface area contributed by atoms with E-state index < -0.39 is 23.2 Å². The number of piperidine rings is 1. The zero-order valence-corrected chi connectivity index (χ0v) is 32.0. The Balaban J connectivity index is 1.15. The summed E-state index contributed by atoms with van der Waals surface area (Å²) >= 11 is 5.75. The molecule has 1 unspecified atom stereocenters. The van der Waals surface area contributed by atoms with Gasteiger partial charge in [0.1, 0.15) is 29.2 Å². The van der Waals surface area contributed by atoms with Crippen LogP contribution in [0.3, 0.4) is 0 Å². The fraction of sp³-hybridized carbons (Fsp3) is 0.488. The summed E-state index contributed by atoms with van der Waals surface area (Å²) in [5, 5.41) is 7.56. The maximum absolute atomic E-state index is 13.6. The van der Waals surface area contributed by atoms with E-state index in [0.29, 0.717) is 49.3 Å². The number of likely N-dealkylation sites (tertiary alicyclic amines) is 1. The summed E-state index contributed by atoms with van der Waals surface area (Å²) in [6.07, 6.45) is -0.434. The molecule has 0 radical (unpaired) electrons. The summed E-state index contributed by atoms with van der Waals surface area (Å²) in [6, 6.07) is 23.5. The molecule has 3 aromatic rings. The number of aryl methyl sites for hydroxylation is 1. The van der Waals surface area contributed by atoms with Gasteiger partial charge in [-0.2, -0.15) is 0 Å². The van der Waals surface area contributed by atoms with Gasteiger partial charge in [0, 0.05) is 43.6 Å². The van der Waals surface area contributed by atoms with Crippen LogP contribution in [0.15, 0.2) is 72.8 Å². The van der Waals surface area contributed by atoms with Crippen LogP contribution < -0.4 is 20.1 Å². The molecule has 51 heavy (non-hydrogen) atoms. The van der Waals surface area contributed by atoms with Crippen molar-refractivity contribution in [1.29, 1.82) is 0 Å². The maximum atomic E-state index is 13.6. The highest BCUT2D eigenvalue weighted by atomic mass is 32.1. The molecule has 2 aliphatic rings. The van der Waals surface area contributed by atoms with Crippen LogP contribution in [0.5, 0.6) is 11.5 Å². The number of benzene rings is 3. The van der Waals surface area contributed by atoms with Crippen molar-refractivity contribution in [2.24, 2.45) is 11.8 Å². The SMILES string of the molecule is CCOC(=O)[C@H](Cc1ccc(OCCN[C@@]2(C(=O)OC(C)(C)C)C3CN(C(=S)Nc4ccccc4C)C[C@H]32)cc1)Oc1ccc(C(C)(C)C)cc1. The Bertz CT molecular complexity index is 1670. The lowest BCUT2D eigenvalue weighted by Crippen LogP contribution is -2.52. The van der Waals surface area contributed by atoms with E-state index in [2.05, 4.69) is 36.3 Å². The van der Waals surface area contributed by atoms with Crippen LogP contribution in [-0.2, 0) is 30.9 Å². The molecule has 274 valence electrons. The normalized spacial score (nSPS) is 20.2. The second-order valence-electron chi connectivity index (χ2n) is 15.5. The quantitative estimate of drug-likeness (QED) is 0.111. The molecule has 10 heteroatoms. The Kier molecular flexibility index (Phi) is 11.7. The molecule has 4 atom stereocenters. The first-order valence-electron chi connectivity index (χ1n) is 17.9. The fourth-order valence-corrected chi connectivity index (χ4v) is 6.93. The van der Waals surface area contributed by atoms with Crippen LogP contribution in [0.4, 0.5) is 5.69 Å². The lowest BCUT2D eigenvalue weighted by Gasteiger charge is -2.31. The zero-order chi connectivity index (χ0) is 37.0. The molecule has 2 N–H and O–H groups in total. The van der Waals surface area contributed by atoms with E-state index >= 15 is 0 Å². The molecular weight excluding hydrogens is 663 g/mol. The minimum absolute atomic E-state index is 0.0198. The minimum Gasteiger partial charge on any atom is -0.492 e. The van der Waals surface area contributed by atoms with Gasteiger partial charge in [-0.25, -0.2) is 4.79 Å². The molecule has 3 aromatic carbocycles. The van der Waals surface area contributed by atoms with Crippen LogP contribution in [0.1, 0.15) is 65.2 Å². The number of esters is 2. The predicted molar refractivity (Wildman–Crippen MR) is 204 cm³/mol. The monoisotopic (exact) mass is 715 g/mol. The Morgan fingerprint density at radius 3 is 2.14 bits per heavy atom. The Morgan fingerprint density at radius 1 is 0.922 bits per heavy atom. The van der Waals surface area contributed by atoms with Gasteiger partial charge in [0.15, 0.2) is 11.2 Å². The number of ether oxygens (including phenoxy) is 4. The smallest absolute Gasteiger partial charge is 0.347 e. The predicted octanol–water partition coefficient (Wildman–Crippen LogP) is 6.85. The first kappa shape index (κ1) is 38.1. The van der Waals surface area contributed by atoms with Gasteiger partial charge in [-0.15, -0.1) is 0 Å². The van der Waals surface area contributed by atoms with Crippen molar-refractivity contribution in [3.63, 3.8) is 0 Å². The van der Waals surface area contributed by atoms with Crippen molar-refractivity contribution in [1.82, 2.24) is 10.2 Å². The van der Waals surface area contributed by atoms with Crippen molar-refractivity contribution < 1.29 is 28.5 Å². The number of nitrogens with zero attached hydrogens (tertiary/aromatic N) is 1. The molecule has 1 heterocycles. The summed E-state index contributed by atoms with van der Waals surface area (Å²) in [6.45, 7) is 18.4. The van der Waals surface area contributed by atoms with Crippen LogP contribution >= 0.6 is 12.2 Å². The van der Waals surface area contributed by atoms with Gasteiger partial charge in [-0.05, 0) is 99.3 Å². The van der Waals surface area contributed by atoms with E-state index in [1.54, 1.807) is 6.92 Å². The fourth-order valence-electron chi connectivity index (χ4n) is 6.67. The topological polar surface area (TPSA) is 98.4 Å². The van der Waals surface area contributed by atoms with Crippen LogP contribution in [0, 0.1) is 18.8 Å². The molecule has 2 fully saturated rings. The van der Waals surface area contributed by atoms with Crippen molar-refractivity contribution in [2.45, 2.75) is 84.5 Å². The molecule has 0 amide bonds. The number of nitrogens with one attached hydrogen (secondary N) is 2. The third-order valence-electron chi connectivity index (χ3n) is 9.47. The average molecular weight is 716 g/mol. The number of anilines is 1. The maximum Gasteiger partial charge on any atom is 0.347 e. The standard InChI is InChI=1S/C41H53N3O6S/c1-9-47-36(45)35(49-31-20-16-29(17-21-31)39(3,4)5)24-28-14-18-30(19-15-28)48-23-22-42-41(37(46)50-40(6,7)8)32-25-44(26-33(32)41)38(51)43-34-13-11-10-12-27(34)2/h10-21,32-33,35,42H,9,22-26H2,1-8H3,(H,43,51)/t32-,33?,35+,41-/m1/s1. The number of fused-ring (bicyclic) bond motifs is 1. The molecule has 1 saturated heterocycles. The van der Waals surface area contributed by atoms with Crippen molar-refractivity contribution >= 4 is 35.0 Å². The van der Waals surface area contributed by atoms with Crippen LogP contribution in [-0.4, -0.2) is 72.0 Å². The van der Waals surface area contributed by atoms with Crippen molar-refractivity contribution in [3.8, 4) is 11.5 Å². The molecule has 9 nitrogen and oxygen atoms in total. The van der Waals surface area contributed by atoms with Gasteiger partial charge in [0.25, 0.3) is 0 Å². The first-order valence-corrected chi connectivity index (χ1v) is 18.3.